The van der Waals surface area contributed by atoms with Crippen LogP contribution >= 0.6 is 11.9 Å². The van der Waals surface area contributed by atoms with Gasteiger partial charge in [0.25, 0.3) is 0 Å². The summed E-state index contributed by atoms with van der Waals surface area (Å²) in [7, 11) is 1.64. The van der Waals surface area contributed by atoms with Crippen molar-refractivity contribution in [2.24, 2.45) is 5.10 Å². The molecule has 0 fully saturated rings. The molecule has 0 radical (unpaired) electrons. The fraction of sp³-hybridized carbons (Fsp3) is 0.300. The van der Waals surface area contributed by atoms with Gasteiger partial charge in [-0.2, -0.15) is 5.10 Å². The van der Waals surface area contributed by atoms with Gasteiger partial charge in [-0.15, -0.1) is 0 Å². The van der Waals surface area contributed by atoms with Crippen molar-refractivity contribution in [2.45, 2.75) is 31.2 Å². The first-order valence-corrected chi connectivity index (χ1v) is 9.45. The SMILES string of the molecule is CCNSc1ccc(C2=NN(C(C)=O)C(c3ccc(OC)cc3)C2)cc1. The average molecular weight is 369 g/mol. The third-order valence-corrected chi connectivity index (χ3v) is 5.20. The highest BCUT2D eigenvalue weighted by Crippen LogP contribution is 2.33. The first kappa shape index (κ1) is 18.5. The van der Waals surface area contributed by atoms with Crippen molar-refractivity contribution in [3.05, 3.63) is 59.7 Å². The third-order valence-electron chi connectivity index (χ3n) is 4.26. The van der Waals surface area contributed by atoms with E-state index >= 15 is 0 Å². The molecule has 1 aliphatic heterocycles. The fourth-order valence-corrected chi connectivity index (χ4v) is 3.51. The zero-order valence-corrected chi connectivity index (χ0v) is 16.0. The second-order valence-corrected chi connectivity index (χ2v) is 6.99. The molecule has 5 nitrogen and oxygen atoms in total. The Hall–Kier alpha value is -2.31. The van der Waals surface area contributed by atoms with E-state index in [2.05, 4.69) is 41.0 Å². The Balaban J connectivity index is 1.80. The molecule has 0 saturated heterocycles. The Labute approximate surface area is 158 Å². The molecule has 1 aliphatic rings. The Morgan fingerprint density at radius 3 is 2.50 bits per heavy atom. The lowest BCUT2D eigenvalue weighted by atomic mass is 9.98. The number of ether oxygens (including phenoxy) is 1. The molecule has 136 valence electrons. The number of methoxy groups -OCH3 is 1. The van der Waals surface area contributed by atoms with Gasteiger partial charge in [0, 0.05) is 24.8 Å². The highest BCUT2D eigenvalue weighted by molar-refractivity contribution is 7.97. The summed E-state index contributed by atoms with van der Waals surface area (Å²) in [5.74, 6) is 0.746. The topological polar surface area (TPSA) is 53.9 Å². The normalized spacial score (nSPS) is 16.5. The molecular formula is C20H23N3O2S. The van der Waals surface area contributed by atoms with Crippen LogP contribution in [0.3, 0.4) is 0 Å². The summed E-state index contributed by atoms with van der Waals surface area (Å²) < 4.78 is 8.46. The molecule has 2 aromatic rings. The summed E-state index contributed by atoms with van der Waals surface area (Å²) in [6.07, 6.45) is 0.700. The van der Waals surface area contributed by atoms with Gasteiger partial charge in [0.2, 0.25) is 5.91 Å². The van der Waals surface area contributed by atoms with Crippen molar-refractivity contribution in [1.82, 2.24) is 9.73 Å². The van der Waals surface area contributed by atoms with Crippen LogP contribution in [0, 0.1) is 0 Å². The summed E-state index contributed by atoms with van der Waals surface area (Å²) in [6, 6.07) is 16.0. The van der Waals surface area contributed by atoms with Crippen LogP contribution in [0.5, 0.6) is 5.75 Å². The van der Waals surface area contributed by atoms with Crippen LogP contribution in [-0.2, 0) is 4.79 Å². The van der Waals surface area contributed by atoms with E-state index in [1.54, 1.807) is 31.0 Å². The van der Waals surface area contributed by atoms with Crippen LogP contribution in [0.2, 0.25) is 0 Å². The van der Waals surface area contributed by atoms with E-state index in [1.165, 1.54) is 0 Å². The minimum Gasteiger partial charge on any atom is -0.497 e. The second-order valence-electron chi connectivity index (χ2n) is 6.03. The fourth-order valence-electron chi connectivity index (χ4n) is 2.93. The number of nitrogens with one attached hydrogen (secondary N) is 1. The number of benzene rings is 2. The minimum absolute atomic E-state index is 0.0554. The lowest BCUT2D eigenvalue weighted by Gasteiger charge is -2.20. The molecule has 0 spiro atoms. The molecule has 1 amide bonds. The van der Waals surface area contributed by atoms with Crippen molar-refractivity contribution < 1.29 is 9.53 Å². The zero-order chi connectivity index (χ0) is 18.5. The number of carbonyl (C=O) groups is 1. The van der Waals surface area contributed by atoms with Crippen molar-refractivity contribution in [1.29, 1.82) is 0 Å². The maximum atomic E-state index is 12.1. The number of hydrogen-bond donors (Lipinski definition) is 1. The van der Waals surface area contributed by atoms with Crippen molar-refractivity contribution in [2.75, 3.05) is 13.7 Å². The number of rotatable bonds is 6. The van der Waals surface area contributed by atoms with Crippen LogP contribution in [-0.4, -0.2) is 30.3 Å². The highest BCUT2D eigenvalue weighted by Gasteiger charge is 2.31. The van der Waals surface area contributed by atoms with Crippen molar-refractivity contribution in [3.8, 4) is 5.75 Å². The van der Waals surface area contributed by atoms with Gasteiger partial charge in [-0.25, -0.2) is 5.01 Å². The zero-order valence-electron chi connectivity index (χ0n) is 15.2. The summed E-state index contributed by atoms with van der Waals surface area (Å²) >= 11 is 1.61. The lowest BCUT2D eigenvalue weighted by molar-refractivity contribution is -0.130. The quantitative estimate of drug-likeness (QED) is 0.782. The molecular weight excluding hydrogens is 346 g/mol. The van der Waals surface area contributed by atoms with E-state index in [1.807, 2.05) is 24.3 Å². The molecule has 6 heteroatoms. The van der Waals surface area contributed by atoms with Crippen LogP contribution < -0.4 is 9.46 Å². The van der Waals surface area contributed by atoms with Gasteiger partial charge in [0.1, 0.15) is 5.75 Å². The predicted molar refractivity (Wildman–Crippen MR) is 105 cm³/mol. The molecule has 1 heterocycles. The average Bonchev–Trinajstić information content (AvgIpc) is 3.12. The number of hydrazone groups is 1. The predicted octanol–water partition coefficient (Wildman–Crippen LogP) is 4.01. The van der Waals surface area contributed by atoms with Crippen molar-refractivity contribution in [3.63, 3.8) is 0 Å². The van der Waals surface area contributed by atoms with E-state index in [0.717, 1.165) is 34.0 Å². The summed E-state index contributed by atoms with van der Waals surface area (Å²) in [5, 5.41) is 6.18. The second kappa shape index (κ2) is 8.38. The molecule has 0 aromatic heterocycles. The van der Waals surface area contributed by atoms with E-state index in [0.29, 0.717) is 6.42 Å². The van der Waals surface area contributed by atoms with Crippen LogP contribution in [0.4, 0.5) is 0 Å². The molecule has 26 heavy (non-hydrogen) atoms. The van der Waals surface area contributed by atoms with Crippen molar-refractivity contribution >= 4 is 23.6 Å². The molecule has 0 saturated carbocycles. The first-order chi connectivity index (χ1) is 12.6. The standard InChI is InChI=1S/C20H23N3O2S/c1-4-21-26-18-11-7-15(8-12-18)19-13-20(23(22-19)14(2)24)16-5-9-17(25-3)10-6-16/h5-12,20-21H,4,13H2,1-3H3. The van der Waals surface area contributed by atoms with E-state index in [-0.39, 0.29) is 11.9 Å². The van der Waals surface area contributed by atoms with Gasteiger partial charge < -0.3 is 4.74 Å². The maximum absolute atomic E-state index is 12.1. The molecule has 1 unspecified atom stereocenters. The lowest BCUT2D eigenvalue weighted by Crippen LogP contribution is -2.24. The Kier molecular flexibility index (Phi) is 5.96. The van der Waals surface area contributed by atoms with E-state index < -0.39 is 0 Å². The minimum atomic E-state index is -0.0794. The Morgan fingerprint density at radius 1 is 1.23 bits per heavy atom. The van der Waals surface area contributed by atoms with Crippen LogP contribution in [0.25, 0.3) is 0 Å². The van der Waals surface area contributed by atoms with Gasteiger partial charge in [0.15, 0.2) is 0 Å². The number of carbonyl (C=O) groups excluding carboxylic acids is 1. The van der Waals surface area contributed by atoms with Crippen LogP contribution in [0.15, 0.2) is 58.5 Å². The Morgan fingerprint density at radius 2 is 1.92 bits per heavy atom. The summed E-state index contributed by atoms with van der Waals surface area (Å²) in [4.78, 5) is 13.2. The van der Waals surface area contributed by atoms with Gasteiger partial charge >= 0.3 is 0 Å². The monoisotopic (exact) mass is 369 g/mol. The van der Waals surface area contributed by atoms with Gasteiger partial charge in [-0.05, 0) is 47.3 Å². The number of amides is 1. The van der Waals surface area contributed by atoms with Gasteiger partial charge in [-0.3, -0.25) is 9.52 Å². The van der Waals surface area contributed by atoms with E-state index in [4.69, 9.17) is 4.74 Å². The van der Waals surface area contributed by atoms with Crippen LogP contribution in [0.1, 0.15) is 37.4 Å². The number of nitrogens with zero attached hydrogens (tertiary/aromatic N) is 2. The molecule has 0 bridgehead atoms. The molecule has 2 aromatic carbocycles. The van der Waals surface area contributed by atoms with Gasteiger partial charge in [0.05, 0.1) is 18.9 Å². The maximum Gasteiger partial charge on any atom is 0.240 e. The summed E-state index contributed by atoms with van der Waals surface area (Å²) in [5.41, 5.74) is 3.04. The summed E-state index contributed by atoms with van der Waals surface area (Å²) in [6.45, 7) is 4.54. The molecule has 1 atom stereocenters. The Bertz CT molecular complexity index is 788. The smallest absolute Gasteiger partial charge is 0.240 e. The highest BCUT2D eigenvalue weighted by atomic mass is 32.2. The molecule has 3 rings (SSSR count). The largest absolute Gasteiger partial charge is 0.497 e. The first-order valence-electron chi connectivity index (χ1n) is 8.63. The molecule has 0 aliphatic carbocycles. The third kappa shape index (κ3) is 4.08. The van der Waals surface area contributed by atoms with E-state index in [9.17, 15) is 4.79 Å². The number of hydrogen-bond acceptors (Lipinski definition) is 5. The van der Waals surface area contributed by atoms with Gasteiger partial charge in [-0.1, -0.05) is 31.2 Å². The molecule has 1 N–H and O–H groups in total.